The molecule has 0 spiro atoms. The minimum absolute atomic E-state index is 0.122. The van der Waals surface area contributed by atoms with E-state index in [1.165, 1.54) is 5.69 Å². The standard InChI is InChI=1S/C18H24N4O/c1-15-19-9-12-21(15)11-8-18(23)20-13-16-7-10-22(14-16)17-5-3-2-4-6-17/h2-6,9,12,16H,7-8,10-11,13-14H2,1H3,(H,20,23)/t16-/m1/s1. The number of nitrogens with zero attached hydrogens (tertiary/aromatic N) is 3. The number of rotatable bonds is 6. The van der Waals surface area contributed by atoms with Gasteiger partial charge in [0.25, 0.3) is 0 Å². The monoisotopic (exact) mass is 312 g/mol. The maximum atomic E-state index is 12.0. The number of aromatic nitrogens is 2. The number of amides is 1. The molecule has 5 heteroatoms. The van der Waals surface area contributed by atoms with Crippen LogP contribution in [0, 0.1) is 12.8 Å². The average molecular weight is 312 g/mol. The number of hydrogen-bond acceptors (Lipinski definition) is 3. The highest BCUT2D eigenvalue weighted by atomic mass is 16.1. The van der Waals surface area contributed by atoms with Gasteiger partial charge < -0.3 is 14.8 Å². The van der Waals surface area contributed by atoms with E-state index in [-0.39, 0.29) is 5.91 Å². The van der Waals surface area contributed by atoms with Gasteiger partial charge in [-0.25, -0.2) is 4.98 Å². The molecule has 0 radical (unpaired) electrons. The van der Waals surface area contributed by atoms with Crippen LogP contribution in [-0.2, 0) is 11.3 Å². The third kappa shape index (κ3) is 4.12. The Morgan fingerprint density at radius 2 is 2.17 bits per heavy atom. The van der Waals surface area contributed by atoms with Gasteiger partial charge in [0.15, 0.2) is 0 Å². The van der Waals surface area contributed by atoms with Crippen LogP contribution in [0.2, 0.25) is 0 Å². The molecular weight excluding hydrogens is 288 g/mol. The number of anilines is 1. The zero-order chi connectivity index (χ0) is 16.1. The van der Waals surface area contributed by atoms with Crippen molar-refractivity contribution in [3.05, 3.63) is 48.5 Å². The molecule has 1 aromatic heterocycles. The van der Waals surface area contributed by atoms with Crippen LogP contribution in [0.5, 0.6) is 0 Å². The molecule has 1 amide bonds. The molecule has 1 fully saturated rings. The van der Waals surface area contributed by atoms with Gasteiger partial charge in [-0.2, -0.15) is 0 Å². The minimum Gasteiger partial charge on any atom is -0.371 e. The van der Waals surface area contributed by atoms with Gasteiger partial charge >= 0.3 is 0 Å². The van der Waals surface area contributed by atoms with E-state index in [0.29, 0.717) is 18.9 Å². The molecule has 5 nitrogen and oxygen atoms in total. The van der Waals surface area contributed by atoms with Gasteiger partial charge in [0.1, 0.15) is 5.82 Å². The normalized spacial score (nSPS) is 17.4. The molecule has 0 bridgehead atoms. The van der Waals surface area contributed by atoms with Crippen molar-refractivity contribution in [2.45, 2.75) is 26.3 Å². The van der Waals surface area contributed by atoms with Crippen molar-refractivity contribution in [3.63, 3.8) is 0 Å². The summed E-state index contributed by atoms with van der Waals surface area (Å²) in [4.78, 5) is 18.6. The van der Waals surface area contributed by atoms with E-state index in [4.69, 9.17) is 0 Å². The van der Waals surface area contributed by atoms with Crippen molar-refractivity contribution in [1.29, 1.82) is 0 Å². The third-order valence-electron chi connectivity index (χ3n) is 4.50. The van der Waals surface area contributed by atoms with E-state index >= 15 is 0 Å². The number of imidazole rings is 1. The number of para-hydroxylation sites is 1. The third-order valence-corrected chi connectivity index (χ3v) is 4.50. The SMILES string of the molecule is Cc1nccn1CCC(=O)NC[C@H]1CCN(c2ccccc2)C1. The first kappa shape index (κ1) is 15.6. The van der Waals surface area contributed by atoms with Crippen LogP contribution in [0.3, 0.4) is 0 Å². The largest absolute Gasteiger partial charge is 0.371 e. The molecule has 3 rings (SSSR count). The van der Waals surface area contributed by atoms with Crippen molar-refractivity contribution in [1.82, 2.24) is 14.9 Å². The summed E-state index contributed by atoms with van der Waals surface area (Å²) in [5.41, 5.74) is 1.27. The molecule has 1 aromatic carbocycles. The summed E-state index contributed by atoms with van der Waals surface area (Å²) in [5, 5.41) is 3.08. The van der Waals surface area contributed by atoms with Crippen molar-refractivity contribution in [3.8, 4) is 0 Å². The molecule has 1 atom stereocenters. The number of carbonyl (C=O) groups is 1. The molecular formula is C18H24N4O. The Kier molecular flexibility index (Phi) is 4.95. The summed E-state index contributed by atoms with van der Waals surface area (Å²) in [6, 6.07) is 10.5. The minimum atomic E-state index is 0.122. The zero-order valence-electron chi connectivity index (χ0n) is 13.6. The molecule has 2 heterocycles. The van der Waals surface area contributed by atoms with Gasteiger partial charge in [-0.05, 0) is 31.4 Å². The predicted octanol–water partition coefficient (Wildman–Crippen LogP) is 2.22. The van der Waals surface area contributed by atoms with Crippen LogP contribution in [0.25, 0.3) is 0 Å². The lowest BCUT2D eigenvalue weighted by Crippen LogP contribution is -2.31. The molecule has 0 saturated carbocycles. The Morgan fingerprint density at radius 1 is 1.35 bits per heavy atom. The highest BCUT2D eigenvalue weighted by Gasteiger charge is 2.22. The van der Waals surface area contributed by atoms with Crippen LogP contribution in [-0.4, -0.2) is 35.1 Å². The lowest BCUT2D eigenvalue weighted by atomic mass is 10.1. The van der Waals surface area contributed by atoms with E-state index in [9.17, 15) is 4.79 Å². The first-order valence-electron chi connectivity index (χ1n) is 8.27. The summed E-state index contributed by atoms with van der Waals surface area (Å²) < 4.78 is 2.01. The maximum Gasteiger partial charge on any atom is 0.221 e. The molecule has 23 heavy (non-hydrogen) atoms. The van der Waals surface area contributed by atoms with Crippen LogP contribution < -0.4 is 10.2 Å². The Hall–Kier alpha value is -2.30. The number of carbonyl (C=O) groups excluding carboxylic acids is 1. The number of aryl methyl sites for hydroxylation is 2. The molecule has 0 unspecified atom stereocenters. The highest BCUT2D eigenvalue weighted by Crippen LogP contribution is 2.22. The van der Waals surface area contributed by atoms with Gasteiger partial charge in [-0.15, -0.1) is 0 Å². The van der Waals surface area contributed by atoms with E-state index in [0.717, 1.165) is 31.9 Å². The van der Waals surface area contributed by atoms with Gasteiger partial charge in [0.2, 0.25) is 5.91 Å². The van der Waals surface area contributed by atoms with E-state index in [1.54, 1.807) is 6.20 Å². The molecule has 1 saturated heterocycles. The van der Waals surface area contributed by atoms with Gasteiger partial charge in [-0.3, -0.25) is 4.79 Å². The second-order valence-corrected chi connectivity index (χ2v) is 6.16. The summed E-state index contributed by atoms with van der Waals surface area (Å²) in [6.45, 7) is 5.50. The van der Waals surface area contributed by atoms with Gasteiger partial charge in [0, 0.05) is 50.7 Å². The van der Waals surface area contributed by atoms with Crippen molar-refractivity contribution in [2.75, 3.05) is 24.5 Å². The van der Waals surface area contributed by atoms with E-state index in [1.807, 2.05) is 23.8 Å². The average Bonchev–Trinajstić information content (AvgIpc) is 3.21. The first-order valence-corrected chi connectivity index (χ1v) is 8.27. The Morgan fingerprint density at radius 3 is 2.91 bits per heavy atom. The zero-order valence-corrected chi connectivity index (χ0v) is 13.6. The van der Waals surface area contributed by atoms with Crippen molar-refractivity contribution >= 4 is 11.6 Å². The van der Waals surface area contributed by atoms with Crippen LogP contribution in [0.4, 0.5) is 5.69 Å². The fourth-order valence-electron chi connectivity index (χ4n) is 3.08. The molecule has 2 aromatic rings. The van der Waals surface area contributed by atoms with Crippen LogP contribution in [0.1, 0.15) is 18.7 Å². The Balaban J connectivity index is 1.39. The molecule has 1 N–H and O–H groups in total. The maximum absolute atomic E-state index is 12.0. The molecule has 1 aliphatic heterocycles. The smallest absolute Gasteiger partial charge is 0.221 e. The topological polar surface area (TPSA) is 50.2 Å². The molecule has 1 aliphatic rings. The number of nitrogens with one attached hydrogen (secondary N) is 1. The second-order valence-electron chi connectivity index (χ2n) is 6.16. The quantitative estimate of drug-likeness (QED) is 0.890. The van der Waals surface area contributed by atoms with E-state index < -0.39 is 0 Å². The Bertz CT molecular complexity index is 637. The lowest BCUT2D eigenvalue weighted by Gasteiger charge is -2.18. The van der Waals surface area contributed by atoms with Crippen LogP contribution >= 0.6 is 0 Å². The van der Waals surface area contributed by atoms with Crippen molar-refractivity contribution < 1.29 is 4.79 Å². The highest BCUT2D eigenvalue weighted by molar-refractivity contribution is 5.75. The second kappa shape index (κ2) is 7.31. The molecule has 122 valence electrons. The summed E-state index contributed by atoms with van der Waals surface area (Å²) >= 11 is 0. The fourth-order valence-corrected chi connectivity index (χ4v) is 3.08. The summed E-state index contributed by atoms with van der Waals surface area (Å²) in [5.74, 6) is 1.61. The lowest BCUT2D eigenvalue weighted by molar-refractivity contribution is -0.121. The number of benzene rings is 1. The fraction of sp³-hybridized carbons (Fsp3) is 0.444. The predicted molar refractivity (Wildman–Crippen MR) is 91.4 cm³/mol. The summed E-state index contributed by atoms with van der Waals surface area (Å²) in [7, 11) is 0. The van der Waals surface area contributed by atoms with E-state index in [2.05, 4.69) is 39.5 Å². The number of hydrogen-bond donors (Lipinski definition) is 1. The Labute approximate surface area is 137 Å². The van der Waals surface area contributed by atoms with Gasteiger partial charge in [-0.1, -0.05) is 18.2 Å². The van der Waals surface area contributed by atoms with Crippen molar-refractivity contribution in [2.24, 2.45) is 5.92 Å². The first-order chi connectivity index (χ1) is 11.2. The summed E-state index contributed by atoms with van der Waals surface area (Å²) in [6.07, 6.45) is 5.32. The molecule has 0 aliphatic carbocycles. The van der Waals surface area contributed by atoms with Gasteiger partial charge in [0.05, 0.1) is 0 Å². The van der Waals surface area contributed by atoms with Crippen LogP contribution in [0.15, 0.2) is 42.7 Å².